The molecule has 6 heteroatoms. The van der Waals surface area contributed by atoms with Gasteiger partial charge >= 0.3 is 0 Å². The van der Waals surface area contributed by atoms with E-state index in [0.717, 1.165) is 22.4 Å². The average molecular weight is 356 g/mol. The van der Waals surface area contributed by atoms with Crippen molar-refractivity contribution in [1.82, 2.24) is 0 Å². The molecule has 0 radical (unpaired) electrons. The molecule has 0 bridgehead atoms. The minimum Gasteiger partial charge on any atom is -0.493 e. The highest BCUT2D eigenvalue weighted by atomic mass is 16.6. The lowest BCUT2D eigenvalue weighted by Gasteiger charge is -2.09. The minimum atomic E-state index is -0.264. The lowest BCUT2D eigenvalue weighted by Crippen LogP contribution is -2.17. The van der Waals surface area contributed by atoms with E-state index in [1.54, 1.807) is 19.2 Å². The molecule has 1 amide bonds. The Morgan fingerprint density at radius 1 is 1.15 bits per heavy atom. The quantitative estimate of drug-likeness (QED) is 0.578. The Kier molecular flexibility index (Phi) is 7.02. The van der Waals surface area contributed by atoms with Gasteiger partial charge in [0.15, 0.2) is 18.1 Å². The molecule has 0 fully saturated rings. The monoisotopic (exact) mass is 356 g/mol. The van der Waals surface area contributed by atoms with E-state index in [1.165, 1.54) is 6.21 Å². The number of ether oxygens (including phenoxy) is 2. The molecular weight excluding hydrogens is 332 g/mol. The number of hydrogen-bond donors (Lipinski definition) is 1. The molecule has 6 nitrogen and oxygen atoms in total. The second-order valence-corrected chi connectivity index (χ2v) is 5.72. The van der Waals surface area contributed by atoms with E-state index in [0.29, 0.717) is 18.1 Å². The predicted octanol–water partition coefficient (Wildman–Crippen LogP) is 3.70. The van der Waals surface area contributed by atoms with Gasteiger partial charge in [0.05, 0.1) is 19.9 Å². The Balaban J connectivity index is 1.88. The van der Waals surface area contributed by atoms with Gasteiger partial charge in [0.25, 0.3) is 5.91 Å². The number of hydrogen-bond acceptors (Lipinski definition) is 5. The fraction of sp³-hybridized carbons (Fsp3) is 0.300. The second-order valence-electron chi connectivity index (χ2n) is 5.72. The molecule has 26 heavy (non-hydrogen) atoms. The zero-order chi connectivity index (χ0) is 18.9. The van der Waals surface area contributed by atoms with E-state index < -0.39 is 0 Å². The number of oxime groups is 1. The van der Waals surface area contributed by atoms with Gasteiger partial charge in [0, 0.05) is 11.3 Å². The lowest BCUT2D eigenvalue weighted by molar-refractivity contribution is -0.120. The van der Waals surface area contributed by atoms with Crippen LogP contribution in [-0.4, -0.2) is 32.4 Å². The topological polar surface area (TPSA) is 69.2 Å². The second kappa shape index (κ2) is 9.46. The summed E-state index contributed by atoms with van der Waals surface area (Å²) in [5.74, 6) is 1.02. The fourth-order valence-corrected chi connectivity index (χ4v) is 2.29. The maximum Gasteiger partial charge on any atom is 0.265 e. The van der Waals surface area contributed by atoms with Crippen LogP contribution in [-0.2, 0) is 9.63 Å². The van der Waals surface area contributed by atoms with E-state index in [-0.39, 0.29) is 12.5 Å². The third kappa shape index (κ3) is 5.51. The summed E-state index contributed by atoms with van der Waals surface area (Å²) >= 11 is 0. The molecule has 0 aliphatic heterocycles. The molecule has 1 N–H and O–H groups in total. The normalized spacial score (nSPS) is 10.6. The van der Waals surface area contributed by atoms with Crippen LogP contribution in [0.15, 0.2) is 41.6 Å². The van der Waals surface area contributed by atoms with Gasteiger partial charge in [0.2, 0.25) is 0 Å². The molecule has 2 rings (SSSR count). The van der Waals surface area contributed by atoms with E-state index in [2.05, 4.69) is 10.5 Å². The molecule has 0 saturated carbocycles. The van der Waals surface area contributed by atoms with Crippen LogP contribution in [0, 0.1) is 13.8 Å². The third-order valence-electron chi connectivity index (χ3n) is 3.63. The summed E-state index contributed by atoms with van der Waals surface area (Å²) in [5, 5.41) is 6.65. The Morgan fingerprint density at radius 3 is 2.69 bits per heavy atom. The molecule has 138 valence electrons. The van der Waals surface area contributed by atoms with Crippen LogP contribution in [0.5, 0.6) is 11.5 Å². The average Bonchev–Trinajstić information content (AvgIpc) is 2.63. The fourth-order valence-electron chi connectivity index (χ4n) is 2.29. The number of nitrogens with zero attached hydrogens (tertiary/aromatic N) is 1. The number of rotatable bonds is 8. The number of aryl methyl sites for hydroxylation is 2. The Bertz CT molecular complexity index is 787. The first-order valence-electron chi connectivity index (χ1n) is 8.36. The van der Waals surface area contributed by atoms with E-state index >= 15 is 0 Å². The maximum absolute atomic E-state index is 12.0. The number of nitrogens with one attached hydrogen (secondary N) is 1. The van der Waals surface area contributed by atoms with Crippen molar-refractivity contribution in [1.29, 1.82) is 0 Å². The van der Waals surface area contributed by atoms with Crippen LogP contribution >= 0.6 is 0 Å². The SMILES string of the molecule is CCOc1ccc(/C=N/OCC(=O)Nc2cc(C)ccc2C)cc1OC. The molecule has 0 aliphatic carbocycles. The Morgan fingerprint density at radius 2 is 1.96 bits per heavy atom. The highest BCUT2D eigenvalue weighted by Crippen LogP contribution is 2.27. The van der Waals surface area contributed by atoms with Crippen molar-refractivity contribution < 1.29 is 19.1 Å². The first-order valence-corrected chi connectivity index (χ1v) is 8.36. The van der Waals surface area contributed by atoms with Crippen molar-refractivity contribution in [3.8, 4) is 11.5 Å². The van der Waals surface area contributed by atoms with Crippen molar-refractivity contribution >= 4 is 17.8 Å². The molecule has 0 unspecified atom stereocenters. The van der Waals surface area contributed by atoms with Gasteiger partial charge in [-0.05, 0) is 56.2 Å². The number of carbonyl (C=O) groups excluding carboxylic acids is 1. The lowest BCUT2D eigenvalue weighted by atomic mass is 10.1. The van der Waals surface area contributed by atoms with Crippen molar-refractivity contribution in [3.63, 3.8) is 0 Å². The summed E-state index contributed by atoms with van der Waals surface area (Å²) < 4.78 is 10.7. The Labute approximate surface area is 153 Å². The molecule has 0 aromatic heterocycles. The smallest absolute Gasteiger partial charge is 0.265 e. The van der Waals surface area contributed by atoms with Gasteiger partial charge in [-0.1, -0.05) is 17.3 Å². The van der Waals surface area contributed by atoms with Gasteiger partial charge in [0.1, 0.15) is 0 Å². The first-order chi connectivity index (χ1) is 12.5. The number of benzene rings is 2. The van der Waals surface area contributed by atoms with Crippen LogP contribution in [0.25, 0.3) is 0 Å². The van der Waals surface area contributed by atoms with Crippen molar-refractivity contribution in [3.05, 3.63) is 53.1 Å². The Hall–Kier alpha value is -3.02. The van der Waals surface area contributed by atoms with Crippen LogP contribution in [0.4, 0.5) is 5.69 Å². The van der Waals surface area contributed by atoms with Crippen LogP contribution < -0.4 is 14.8 Å². The highest BCUT2D eigenvalue weighted by molar-refractivity contribution is 5.92. The third-order valence-corrected chi connectivity index (χ3v) is 3.63. The van der Waals surface area contributed by atoms with Crippen LogP contribution in [0.3, 0.4) is 0 Å². The van der Waals surface area contributed by atoms with Crippen molar-refractivity contribution in [2.24, 2.45) is 5.16 Å². The summed E-state index contributed by atoms with van der Waals surface area (Å²) in [4.78, 5) is 17.0. The number of carbonyl (C=O) groups is 1. The molecule has 0 spiro atoms. The highest BCUT2D eigenvalue weighted by Gasteiger charge is 2.06. The largest absolute Gasteiger partial charge is 0.493 e. The van der Waals surface area contributed by atoms with E-state index in [9.17, 15) is 4.79 Å². The molecule has 0 heterocycles. The maximum atomic E-state index is 12.0. The molecule has 0 atom stereocenters. The van der Waals surface area contributed by atoms with Gasteiger partial charge in [-0.15, -0.1) is 0 Å². The molecule has 2 aromatic carbocycles. The summed E-state index contributed by atoms with van der Waals surface area (Å²) in [7, 11) is 1.58. The predicted molar refractivity (Wildman–Crippen MR) is 102 cm³/mol. The summed E-state index contributed by atoms with van der Waals surface area (Å²) in [6.07, 6.45) is 1.52. The zero-order valence-electron chi connectivity index (χ0n) is 15.5. The van der Waals surface area contributed by atoms with Gasteiger partial charge < -0.3 is 19.6 Å². The first kappa shape index (κ1) is 19.3. The number of amides is 1. The molecule has 0 aliphatic rings. The van der Waals surface area contributed by atoms with Crippen molar-refractivity contribution in [2.75, 3.05) is 25.6 Å². The van der Waals surface area contributed by atoms with E-state index in [1.807, 2.05) is 45.0 Å². The van der Waals surface area contributed by atoms with Gasteiger partial charge in [-0.2, -0.15) is 0 Å². The molecule has 0 saturated heterocycles. The zero-order valence-corrected chi connectivity index (χ0v) is 15.5. The summed E-state index contributed by atoms with van der Waals surface area (Å²) in [5.41, 5.74) is 3.63. The molecule has 2 aromatic rings. The van der Waals surface area contributed by atoms with Gasteiger partial charge in [-0.3, -0.25) is 4.79 Å². The molecular formula is C20H24N2O4. The van der Waals surface area contributed by atoms with E-state index in [4.69, 9.17) is 14.3 Å². The number of anilines is 1. The number of methoxy groups -OCH3 is 1. The van der Waals surface area contributed by atoms with Crippen molar-refractivity contribution in [2.45, 2.75) is 20.8 Å². The summed E-state index contributed by atoms with van der Waals surface area (Å²) in [6.45, 7) is 6.21. The summed E-state index contributed by atoms with van der Waals surface area (Å²) in [6, 6.07) is 11.3. The van der Waals surface area contributed by atoms with Crippen LogP contribution in [0.2, 0.25) is 0 Å². The van der Waals surface area contributed by atoms with Crippen LogP contribution in [0.1, 0.15) is 23.6 Å². The standard InChI is InChI=1S/C20H24N2O4/c1-5-25-18-9-8-16(11-19(18)24-4)12-21-26-13-20(23)22-17-10-14(2)6-7-15(17)3/h6-12H,5,13H2,1-4H3,(H,22,23)/b21-12+. The minimum absolute atomic E-state index is 0.169. The van der Waals surface area contributed by atoms with Gasteiger partial charge in [-0.25, -0.2) is 0 Å².